The summed E-state index contributed by atoms with van der Waals surface area (Å²) in [4.78, 5) is 12.4. The number of nitrogens with one attached hydrogen (secondary N) is 1. The van der Waals surface area contributed by atoms with Crippen LogP contribution >= 0.6 is 0 Å². The van der Waals surface area contributed by atoms with Crippen LogP contribution in [-0.4, -0.2) is 5.91 Å². The average Bonchev–Trinajstić information content (AvgIpc) is 2.50. The first-order chi connectivity index (χ1) is 10.1. The molecule has 3 N–H and O–H groups in total. The van der Waals surface area contributed by atoms with E-state index < -0.39 is 0 Å². The van der Waals surface area contributed by atoms with Gasteiger partial charge in [0.15, 0.2) is 0 Å². The van der Waals surface area contributed by atoms with Crippen LogP contribution in [0.1, 0.15) is 23.1 Å². The van der Waals surface area contributed by atoms with E-state index in [4.69, 9.17) is 5.73 Å². The number of nitrogen functional groups attached to an aromatic ring is 1. The number of hydrogen-bond acceptors (Lipinski definition) is 2. The SMILES string of the molecule is Cc1ccc(NC(=O)C2CCc3ccccc3C2)cc1N. The van der Waals surface area contributed by atoms with Crippen molar-refractivity contribution in [2.75, 3.05) is 11.1 Å². The van der Waals surface area contributed by atoms with E-state index in [2.05, 4.69) is 23.5 Å². The van der Waals surface area contributed by atoms with Gasteiger partial charge >= 0.3 is 0 Å². The van der Waals surface area contributed by atoms with Gasteiger partial charge < -0.3 is 11.1 Å². The third kappa shape index (κ3) is 2.92. The molecule has 3 nitrogen and oxygen atoms in total. The lowest BCUT2D eigenvalue weighted by molar-refractivity contribution is -0.120. The maximum absolute atomic E-state index is 12.4. The predicted molar refractivity (Wildman–Crippen MR) is 86.2 cm³/mol. The highest BCUT2D eigenvalue weighted by molar-refractivity contribution is 5.93. The summed E-state index contributed by atoms with van der Waals surface area (Å²) in [6, 6.07) is 14.0. The number of anilines is 2. The number of carbonyl (C=O) groups is 1. The summed E-state index contributed by atoms with van der Waals surface area (Å²) >= 11 is 0. The smallest absolute Gasteiger partial charge is 0.227 e. The largest absolute Gasteiger partial charge is 0.398 e. The Bertz CT molecular complexity index is 679. The van der Waals surface area contributed by atoms with Gasteiger partial charge in [-0.2, -0.15) is 0 Å². The van der Waals surface area contributed by atoms with Crippen molar-refractivity contribution < 1.29 is 4.79 Å². The second-order valence-electron chi connectivity index (χ2n) is 5.77. The third-order valence-corrected chi connectivity index (χ3v) is 4.26. The first-order valence-corrected chi connectivity index (χ1v) is 7.37. The van der Waals surface area contributed by atoms with Gasteiger partial charge in [0.1, 0.15) is 0 Å². The minimum Gasteiger partial charge on any atom is -0.398 e. The first kappa shape index (κ1) is 13.7. The molecular formula is C18H20N2O. The van der Waals surface area contributed by atoms with Gasteiger partial charge in [-0.25, -0.2) is 0 Å². The number of nitrogens with two attached hydrogens (primary N) is 1. The summed E-state index contributed by atoms with van der Waals surface area (Å²) < 4.78 is 0. The summed E-state index contributed by atoms with van der Waals surface area (Å²) in [6.45, 7) is 1.96. The molecule has 0 bridgehead atoms. The molecule has 1 aliphatic rings. The number of hydrogen-bond donors (Lipinski definition) is 2. The first-order valence-electron chi connectivity index (χ1n) is 7.37. The van der Waals surface area contributed by atoms with Crippen LogP contribution in [0.3, 0.4) is 0 Å². The molecule has 0 radical (unpaired) electrons. The number of carbonyl (C=O) groups excluding carboxylic acids is 1. The van der Waals surface area contributed by atoms with Gasteiger partial charge in [-0.3, -0.25) is 4.79 Å². The van der Waals surface area contributed by atoms with Crippen LogP contribution in [-0.2, 0) is 17.6 Å². The van der Waals surface area contributed by atoms with Crippen LogP contribution in [0.5, 0.6) is 0 Å². The zero-order valence-corrected chi connectivity index (χ0v) is 12.2. The molecule has 0 saturated heterocycles. The van der Waals surface area contributed by atoms with E-state index in [1.54, 1.807) is 0 Å². The summed E-state index contributed by atoms with van der Waals surface area (Å²) in [6.07, 6.45) is 2.71. The van der Waals surface area contributed by atoms with Crippen LogP contribution in [0.4, 0.5) is 11.4 Å². The normalized spacial score (nSPS) is 17.1. The van der Waals surface area contributed by atoms with Crippen LogP contribution in [0, 0.1) is 12.8 Å². The van der Waals surface area contributed by atoms with E-state index in [1.165, 1.54) is 11.1 Å². The predicted octanol–water partition coefficient (Wildman–Crippen LogP) is 3.32. The summed E-state index contributed by atoms with van der Waals surface area (Å²) in [7, 11) is 0. The molecule has 108 valence electrons. The molecule has 0 heterocycles. The third-order valence-electron chi connectivity index (χ3n) is 4.26. The van der Waals surface area contributed by atoms with E-state index in [0.717, 1.165) is 30.5 Å². The average molecular weight is 280 g/mol. The quantitative estimate of drug-likeness (QED) is 0.829. The number of fused-ring (bicyclic) bond motifs is 1. The van der Waals surface area contributed by atoms with Gasteiger partial charge in [-0.05, 0) is 55.0 Å². The van der Waals surface area contributed by atoms with Crippen LogP contribution < -0.4 is 11.1 Å². The van der Waals surface area contributed by atoms with Crippen LogP contribution in [0.2, 0.25) is 0 Å². The number of benzene rings is 2. The molecule has 0 fully saturated rings. The van der Waals surface area contributed by atoms with Gasteiger partial charge in [0, 0.05) is 17.3 Å². The van der Waals surface area contributed by atoms with Crippen LogP contribution in [0.25, 0.3) is 0 Å². The highest BCUT2D eigenvalue weighted by Gasteiger charge is 2.24. The van der Waals surface area contributed by atoms with Crippen molar-refractivity contribution in [3.05, 3.63) is 59.2 Å². The fourth-order valence-electron chi connectivity index (χ4n) is 2.88. The Morgan fingerprint density at radius 1 is 1.19 bits per heavy atom. The molecule has 0 aliphatic heterocycles. The van der Waals surface area contributed by atoms with Crippen molar-refractivity contribution in [1.29, 1.82) is 0 Å². The Morgan fingerprint density at radius 3 is 2.71 bits per heavy atom. The lowest BCUT2D eigenvalue weighted by Gasteiger charge is -2.23. The van der Waals surface area contributed by atoms with E-state index in [-0.39, 0.29) is 11.8 Å². The number of aryl methyl sites for hydroxylation is 2. The highest BCUT2D eigenvalue weighted by atomic mass is 16.1. The molecule has 1 amide bonds. The zero-order valence-electron chi connectivity index (χ0n) is 12.2. The monoisotopic (exact) mass is 280 g/mol. The molecule has 3 heteroatoms. The van der Waals surface area contributed by atoms with Crippen molar-refractivity contribution in [2.45, 2.75) is 26.2 Å². The molecule has 2 aromatic rings. The molecule has 0 saturated carbocycles. The Morgan fingerprint density at radius 2 is 1.95 bits per heavy atom. The van der Waals surface area contributed by atoms with Crippen LogP contribution in [0.15, 0.2) is 42.5 Å². The second-order valence-corrected chi connectivity index (χ2v) is 5.77. The van der Waals surface area contributed by atoms with Gasteiger partial charge in [0.25, 0.3) is 0 Å². The zero-order chi connectivity index (χ0) is 14.8. The fraction of sp³-hybridized carbons (Fsp3) is 0.278. The van der Waals surface area contributed by atoms with Crippen molar-refractivity contribution in [3.8, 4) is 0 Å². The second kappa shape index (κ2) is 5.60. The molecule has 1 unspecified atom stereocenters. The van der Waals surface area contributed by atoms with Crippen molar-refractivity contribution >= 4 is 17.3 Å². The molecule has 0 aromatic heterocycles. The topological polar surface area (TPSA) is 55.1 Å². The maximum atomic E-state index is 12.4. The van der Waals surface area contributed by atoms with E-state index >= 15 is 0 Å². The van der Waals surface area contributed by atoms with Crippen molar-refractivity contribution in [2.24, 2.45) is 5.92 Å². The lowest BCUT2D eigenvalue weighted by atomic mass is 9.83. The molecule has 2 aromatic carbocycles. The Kier molecular flexibility index (Phi) is 3.65. The molecule has 1 aliphatic carbocycles. The van der Waals surface area contributed by atoms with Gasteiger partial charge in [-0.1, -0.05) is 30.3 Å². The Labute approximate surface area is 125 Å². The summed E-state index contributed by atoms with van der Waals surface area (Å²) in [5.41, 5.74) is 11.1. The minimum absolute atomic E-state index is 0.0439. The number of rotatable bonds is 2. The van der Waals surface area contributed by atoms with E-state index in [1.807, 2.05) is 31.2 Å². The van der Waals surface area contributed by atoms with Gasteiger partial charge in [-0.15, -0.1) is 0 Å². The summed E-state index contributed by atoms with van der Waals surface area (Å²) in [5, 5.41) is 2.99. The van der Waals surface area contributed by atoms with E-state index in [9.17, 15) is 4.79 Å². The summed E-state index contributed by atoms with van der Waals surface area (Å²) in [5.74, 6) is 0.134. The fourth-order valence-corrected chi connectivity index (χ4v) is 2.88. The van der Waals surface area contributed by atoms with Gasteiger partial charge in [0.05, 0.1) is 0 Å². The molecule has 0 spiro atoms. The van der Waals surface area contributed by atoms with E-state index in [0.29, 0.717) is 5.69 Å². The Balaban J connectivity index is 1.70. The van der Waals surface area contributed by atoms with Crippen molar-refractivity contribution in [1.82, 2.24) is 0 Å². The molecule has 1 atom stereocenters. The lowest BCUT2D eigenvalue weighted by Crippen LogP contribution is -2.28. The minimum atomic E-state index is 0.0439. The molecule has 3 rings (SSSR count). The molecular weight excluding hydrogens is 260 g/mol. The molecule has 21 heavy (non-hydrogen) atoms. The number of amides is 1. The highest BCUT2D eigenvalue weighted by Crippen LogP contribution is 2.26. The van der Waals surface area contributed by atoms with Crippen molar-refractivity contribution in [3.63, 3.8) is 0 Å². The Hall–Kier alpha value is -2.29. The maximum Gasteiger partial charge on any atom is 0.227 e. The van der Waals surface area contributed by atoms with Gasteiger partial charge in [0.2, 0.25) is 5.91 Å². The standard InChI is InChI=1S/C18H20N2O/c1-12-6-9-16(11-17(12)19)20-18(21)15-8-7-13-4-2-3-5-14(13)10-15/h2-6,9,11,15H,7-8,10,19H2,1H3,(H,20,21).